The van der Waals surface area contributed by atoms with E-state index < -0.39 is 6.10 Å². The van der Waals surface area contributed by atoms with Gasteiger partial charge in [-0.2, -0.15) is 0 Å². The van der Waals surface area contributed by atoms with Crippen LogP contribution in [0.2, 0.25) is 0 Å². The van der Waals surface area contributed by atoms with Gasteiger partial charge in [-0.05, 0) is 24.1 Å². The van der Waals surface area contributed by atoms with E-state index >= 15 is 0 Å². The topological polar surface area (TPSA) is 50.7 Å². The summed E-state index contributed by atoms with van der Waals surface area (Å²) in [7, 11) is 1.68. The molecular weight excluding hydrogens is 254 g/mol. The van der Waals surface area contributed by atoms with Gasteiger partial charge in [0.2, 0.25) is 0 Å². The van der Waals surface area contributed by atoms with Gasteiger partial charge in [-0.3, -0.25) is 0 Å². The normalized spacial score (nSPS) is 33.4. The average Bonchev–Trinajstić information content (AvgIpc) is 2.78. The number of rotatable bonds is 1. The third kappa shape index (κ3) is 1.38. The first-order chi connectivity index (χ1) is 9.65. The molecule has 0 saturated heterocycles. The Balaban J connectivity index is 2.00. The van der Waals surface area contributed by atoms with E-state index in [1.807, 2.05) is 12.1 Å². The molecule has 3 aliphatic rings. The lowest BCUT2D eigenvalue weighted by atomic mass is 9.68. The molecule has 0 bridgehead atoms. The van der Waals surface area contributed by atoms with Crippen molar-refractivity contribution < 1.29 is 14.6 Å². The predicted molar refractivity (Wildman–Crippen MR) is 75.3 cm³/mol. The summed E-state index contributed by atoms with van der Waals surface area (Å²) in [6.07, 6.45) is 4.23. The van der Waals surface area contributed by atoms with Crippen molar-refractivity contribution in [2.75, 3.05) is 13.7 Å². The Morgan fingerprint density at radius 1 is 1.50 bits per heavy atom. The van der Waals surface area contributed by atoms with Crippen molar-refractivity contribution in [3.63, 3.8) is 0 Å². The van der Waals surface area contributed by atoms with Crippen LogP contribution in [0.1, 0.15) is 23.1 Å². The average molecular weight is 273 g/mol. The summed E-state index contributed by atoms with van der Waals surface area (Å²) in [5, 5.41) is 13.4. The highest BCUT2D eigenvalue weighted by atomic mass is 16.5. The zero-order valence-electron chi connectivity index (χ0n) is 11.8. The third-order valence-electron chi connectivity index (χ3n) is 4.89. The minimum Gasteiger partial charge on any atom is -0.493 e. The number of hydrogen-bond acceptors (Lipinski definition) is 4. The number of aryl methyl sites for hydroxylation is 1. The highest BCUT2D eigenvalue weighted by Crippen LogP contribution is 2.54. The van der Waals surface area contributed by atoms with Gasteiger partial charge in [0.15, 0.2) is 11.5 Å². The molecule has 2 heterocycles. The SMILES string of the molecule is COc1cc(C)c2c3c1OC1C[C@H](O)C=CC31CNC2. The lowest BCUT2D eigenvalue weighted by Gasteiger charge is -2.39. The fraction of sp³-hybridized carbons (Fsp3) is 0.500. The van der Waals surface area contributed by atoms with Crippen molar-refractivity contribution >= 4 is 0 Å². The first-order valence-electron chi connectivity index (χ1n) is 7.11. The molecule has 2 unspecified atom stereocenters. The van der Waals surface area contributed by atoms with Crippen molar-refractivity contribution in [2.45, 2.75) is 37.5 Å². The Kier molecular flexibility index (Phi) is 2.44. The first-order valence-corrected chi connectivity index (χ1v) is 7.11. The molecule has 4 nitrogen and oxygen atoms in total. The van der Waals surface area contributed by atoms with Gasteiger partial charge in [0.25, 0.3) is 0 Å². The van der Waals surface area contributed by atoms with Gasteiger partial charge in [-0.15, -0.1) is 0 Å². The van der Waals surface area contributed by atoms with E-state index in [9.17, 15) is 5.11 Å². The Labute approximate surface area is 118 Å². The largest absolute Gasteiger partial charge is 0.493 e. The molecule has 0 amide bonds. The fourth-order valence-electron chi connectivity index (χ4n) is 3.89. The van der Waals surface area contributed by atoms with E-state index in [0.29, 0.717) is 6.42 Å². The maximum atomic E-state index is 9.90. The minimum atomic E-state index is -0.419. The second kappa shape index (κ2) is 3.99. The Bertz CT molecular complexity index is 610. The number of nitrogens with one attached hydrogen (secondary N) is 1. The van der Waals surface area contributed by atoms with Crippen LogP contribution in [0.5, 0.6) is 11.5 Å². The molecule has 2 aliphatic heterocycles. The minimum absolute atomic E-state index is 0.0141. The van der Waals surface area contributed by atoms with Crippen LogP contribution in [-0.4, -0.2) is 31.0 Å². The van der Waals surface area contributed by atoms with Gasteiger partial charge < -0.3 is 19.9 Å². The number of ether oxygens (including phenoxy) is 2. The van der Waals surface area contributed by atoms with Crippen LogP contribution >= 0.6 is 0 Å². The Morgan fingerprint density at radius 3 is 3.15 bits per heavy atom. The Hall–Kier alpha value is -1.52. The predicted octanol–water partition coefficient (Wildman–Crippen LogP) is 1.43. The molecular formula is C16H19NO3. The summed E-state index contributed by atoms with van der Waals surface area (Å²) in [5.41, 5.74) is 3.66. The van der Waals surface area contributed by atoms with Crippen LogP contribution < -0.4 is 14.8 Å². The van der Waals surface area contributed by atoms with Crippen molar-refractivity contribution in [3.8, 4) is 11.5 Å². The second-order valence-electron chi connectivity index (χ2n) is 5.99. The number of benzene rings is 1. The van der Waals surface area contributed by atoms with Crippen LogP contribution in [0.15, 0.2) is 18.2 Å². The third-order valence-corrected chi connectivity index (χ3v) is 4.89. The molecule has 1 aromatic rings. The maximum absolute atomic E-state index is 9.90. The number of aliphatic hydroxyl groups excluding tert-OH is 1. The maximum Gasteiger partial charge on any atom is 0.166 e. The van der Waals surface area contributed by atoms with E-state index in [4.69, 9.17) is 9.47 Å². The highest BCUT2D eigenvalue weighted by Gasteiger charge is 2.53. The van der Waals surface area contributed by atoms with E-state index in [1.54, 1.807) is 7.11 Å². The zero-order chi connectivity index (χ0) is 13.9. The van der Waals surface area contributed by atoms with Crippen LogP contribution in [0, 0.1) is 6.92 Å². The lowest BCUT2D eigenvalue weighted by molar-refractivity contribution is 0.0859. The van der Waals surface area contributed by atoms with Crippen LogP contribution in [-0.2, 0) is 12.0 Å². The zero-order valence-corrected chi connectivity index (χ0v) is 11.8. The smallest absolute Gasteiger partial charge is 0.166 e. The van der Waals surface area contributed by atoms with Crippen molar-refractivity contribution in [1.29, 1.82) is 0 Å². The van der Waals surface area contributed by atoms with Crippen LogP contribution in [0.4, 0.5) is 0 Å². The highest BCUT2D eigenvalue weighted by molar-refractivity contribution is 5.63. The van der Waals surface area contributed by atoms with Gasteiger partial charge in [-0.1, -0.05) is 12.2 Å². The monoisotopic (exact) mass is 273 g/mol. The van der Waals surface area contributed by atoms with E-state index in [2.05, 4.69) is 18.3 Å². The van der Waals surface area contributed by atoms with Crippen LogP contribution in [0.25, 0.3) is 0 Å². The Morgan fingerprint density at radius 2 is 2.35 bits per heavy atom. The molecule has 1 aromatic carbocycles. The molecule has 0 aromatic heterocycles. The van der Waals surface area contributed by atoms with E-state index in [1.165, 1.54) is 16.7 Å². The molecule has 0 radical (unpaired) electrons. The van der Waals surface area contributed by atoms with Gasteiger partial charge in [0.05, 0.1) is 18.6 Å². The number of hydrogen-bond donors (Lipinski definition) is 2. The molecule has 20 heavy (non-hydrogen) atoms. The van der Waals surface area contributed by atoms with E-state index in [-0.39, 0.29) is 11.5 Å². The summed E-state index contributed by atoms with van der Waals surface area (Å²) >= 11 is 0. The van der Waals surface area contributed by atoms with Crippen molar-refractivity contribution in [3.05, 3.63) is 34.9 Å². The molecule has 106 valence electrons. The van der Waals surface area contributed by atoms with Gasteiger partial charge in [0.1, 0.15) is 6.10 Å². The summed E-state index contributed by atoms with van der Waals surface area (Å²) in [5.74, 6) is 1.68. The van der Waals surface area contributed by atoms with Gasteiger partial charge in [-0.25, -0.2) is 0 Å². The number of aliphatic hydroxyl groups is 1. The molecule has 3 atom stereocenters. The summed E-state index contributed by atoms with van der Waals surface area (Å²) in [6.45, 7) is 3.84. The van der Waals surface area contributed by atoms with Crippen LogP contribution in [0.3, 0.4) is 0 Å². The molecule has 2 N–H and O–H groups in total. The van der Waals surface area contributed by atoms with Gasteiger partial charge >= 0.3 is 0 Å². The van der Waals surface area contributed by atoms with Crippen molar-refractivity contribution in [2.24, 2.45) is 0 Å². The number of methoxy groups -OCH3 is 1. The van der Waals surface area contributed by atoms with Crippen molar-refractivity contribution in [1.82, 2.24) is 5.32 Å². The molecule has 0 saturated carbocycles. The molecule has 0 fully saturated rings. The second-order valence-corrected chi connectivity index (χ2v) is 5.99. The molecule has 4 heteroatoms. The summed E-state index contributed by atoms with van der Waals surface area (Å²) in [6, 6.07) is 2.05. The molecule has 1 aliphatic carbocycles. The fourth-order valence-corrected chi connectivity index (χ4v) is 3.89. The molecule has 1 spiro atoms. The lowest BCUT2D eigenvalue weighted by Crippen LogP contribution is -2.51. The first kappa shape index (κ1) is 12.2. The van der Waals surface area contributed by atoms with Gasteiger partial charge in [0, 0.05) is 25.1 Å². The summed E-state index contributed by atoms with van der Waals surface area (Å²) in [4.78, 5) is 0. The standard InChI is InChI=1S/C16H19NO3/c1-9-5-12(19-2)15-14-11(9)7-17-8-16(14)4-3-10(18)6-13(16)20-15/h3-5,10,13,17-18H,6-8H2,1-2H3/t10-,13?,16?/m1/s1. The quantitative estimate of drug-likeness (QED) is 0.760. The summed E-state index contributed by atoms with van der Waals surface area (Å²) < 4.78 is 11.7. The van der Waals surface area contributed by atoms with E-state index in [0.717, 1.165) is 24.6 Å². The molecule has 4 rings (SSSR count).